The fraction of sp³-hybridized carbons (Fsp3) is 0.321. The Balaban J connectivity index is 0.000000318. The van der Waals surface area contributed by atoms with Gasteiger partial charge in [0.25, 0.3) is 0 Å². The molecule has 19 nitrogen and oxygen atoms in total. The first kappa shape index (κ1) is 39.4. The zero-order valence-corrected chi connectivity index (χ0v) is 25.0. The summed E-state index contributed by atoms with van der Waals surface area (Å²) in [6.45, 7) is 0. The van der Waals surface area contributed by atoms with Crippen molar-refractivity contribution in [1.82, 2.24) is 24.9 Å². The van der Waals surface area contributed by atoms with Crippen molar-refractivity contribution < 1.29 is 49.5 Å². The SMILES string of the molecule is NC(CCC(=O)O)C(=O)O.NC(Cc1c[nH]c2ccccc12)C(=O)O.NC(Cc1cnc[nH]1)C(=O)O.NC(Cc1cnc[nH]1)C(=O)O. The number of nitrogens with one attached hydrogen (secondary N) is 3. The first-order valence-electron chi connectivity index (χ1n) is 13.8. The van der Waals surface area contributed by atoms with Crippen LogP contribution in [0.4, 0.5) is 0 Å². The van der Waals surface area contributed by atoms with Gasteiger partial charge in [-0.2, -0.15) is 0 Å². The molecule has 47 heavy (non-hydrogen) atoms. The molecule has 16 N–H and O–H groups in total. The number of aromatic nitrogens is 5. The minimum atomic E-state index is -1.17. The molecule has 256 valence electrons. The van der Waals surface area contributed by atoms with E-state index in [9.17, 15) is 24.0 Å². The summed E-state index contributed by atoms with van der Waals surface area (Å²) in [7, 11) is 0. The van der Waals surface area contributed by atoms with Crippen LogP contribution in [0.5, 0.6) is 0 Å². The van der Waals surface area contributed by atoms with Crippen LogP contribution in [0, 0.1) is 0 Å². The third-order valence-corrected chi connectivity index (χ3v) is 6.04. The zero-order valence-electron chi connectivity index (χ0n) is 25.0. The van der Waals surface area contributed by atoms with Crippen molar-refractivity contribution in [1.29, 1.82) is 0 Å². The molecule has 19 heteroatoms. The first-order valence-corrected chi connectivity index (χ1v) is 13.8. The van der Waals surface area contributed by atoms with E-state index in [0.29, 0.717) is 6.42 Å². The molecule has 3 heterocycles. The van der Waals surface area contributed by atoms with Crippen LogP contribution in [-0.4, -0.2) is 104 Å². The van der Waals surface area contributed by atoms with Gasteiger partial charge in [0.2, 0.25) is 0 Å². The topological polar surface area (TPSA) is 364 Å². The van der Waals surface area contributed by atoms with Gasteiger partial charge in [-0.15, -0.1) is 0 Å². The van der Waals surface area contributed by atoms with Gasteiger partial charge >= 0.3 is 29.8 Å². The number of carbonyl (C=O) groups is 5. The Morgan fingerprint density at radius 1 is 0.638 bits per heavy atom. The molecule has 4 aromatic rings. The van der Waals surface area contributed by atoms with Gasteiger partial charge in [-0.1, -0.05) is 18.2 Å². The molecule has 0 amide bonds. The van der Waals surface area contributed by atoms with Crippen LogP contribution in [-0.2, 0) is 43.2 Å². The minimum absolute atomic E-state index is 0.0231. The third kappa shape index (κ3) is 15.8. The van der Waals surface area contributed by atoms with Crippen LogP contribution in [0.3, 0.4) is 0 Å². The van der Waals surface area contributed by atoms with Crippen LogP contribution in [0.1, 0.15) is 29.8 Å². The molecule has 0 spiro atoms. The molecule has 0 fully saturated rings. The number of nitrogens with two attached hydrogens (primary N) is 4. The van der Waals surface area contributed by atoms with Crippen molar-refractivity contribution in [2.45, 2.75) is 56.3 Å². The molecule has 4 atom stereocenters. The average molecular weight is 662 g/mol. The molecule has 1 aromatic carbocycles. The number of hydrogen-bond donors (Lipinski definition) is 12. The number of carboxylic acid groups (broad SMARTS) is 5. The van der Waals surface area contributed by atoms with E-state index in [4.69, 9.17) is 48.5 Å². The predicted molar refractivity (Wildman–Crippen MR) is 166 cm³/mol. The van der Waals surface area contributed by atoms with Gasteiger partial charge in [-0.25, -0.2) is 9.97 Å². The van der Waals surface area contributed by atoms with Crippen molar-refractivity contribution in [3.05, 3.63) is 72.5 Å². The number of fused-ring (bicyclic) bond motifs is 1. The highest BCUT2D eigenvalue weighted by Gasteiger charge is 2.15. The smallest absolute Gasteiger partial charge is 0.320 e. The summed E-state index contributed by atoms with van der Waals surface area (Å²) in [5.74, 6) is -5.17. The molecule has 0 bridgehead atoms. The second-order valence-corrected chi connectivity index (χ2v) is 9.84. The van der Waals surface area contributed by atoms with Gasteiger partial charge < -0.3 is 63.4 Å². The Kier molecular flexibility index (Phi) is 17.1. The monoisotopic (exact) mass is 661 g/mol. The van der Waals surface area contributed by atoms with Crippen LogP contribution in [0.2, 0.25) is 0 Å². The van der Waals surface area contributed by atoms with Crippen molar-refractivity contribution in [2.75, 3.05) is 0 Å². The number of aliphatic carboxylic acids is 5. The lowest BCUT2D eigenvalue weighted by Crippen LogP contribution is -2.32. The van der Waals surface area contributed by atoms with Gasteiger partial charge in [0, 0.05) is 66.6 Å². The predicted octanol–water partition coefficient (Wildman–Crippen LogP) is -0.886. The van der Waals surface area contributed by atoms with E-state index in [1.54, 1.807) is 12.4 Å². The number of para-hydroxylation sites is 1. The maximum Gasteiger partial charge on any atom is 0.320 e. The van der Waals surface area contributed by atoms with Gasteiger partial charge in [-0.3, -0.25) is 24.0 Å². The second-order valence-electron chi connectivity index (χ2n) is 9.84. The summed E-state index contributed by atoms with van der Waals surface area (Å²) in [6, 6.07) is 4.15. The van der Waals surface area contributed by atoms with E-state index in [2.05, 4.69) is 24.9 Å². The van der Waals surface area contributed by atoms with Gasteiger partial charge in [0.1, 0.15) is 24.2 Å². The number of benzene rings is 1. The summed E-state index contributed by atoms with van der Waals surface area (Å²) in [5.41, 5.74) is 24.4. The molecule has 4 rings (SSSR count). The van der Waals surface area contributed by atoms with Gasteiger partial charge in [0.05, 0.1) is 12.7 Å². The molecule has 0 aliphatic heterocycles. The number of imidazole rings is 2. The van der Waals surface area contributed by atoms with E-state index in [1.807, 2.05) is 30.5 Å². The van der Waals surface area contributed by atoms with E-state index in [-0.39, 0.29) is 25.7 Å². The van der Waals surface area contributed by atoms with Crippen LogP contribution >= 0.6 is 0 Å². The van der Waals surface area contributed by atoms with Crippen molar-refractivity contribution in [3.63, 3.8) is 0 Å². The average Bonchev–Trinajstić information content (AvgIpc) is 3.80. The molecule has 4 unspecified atom stereocenters. The van der Waals surface area contributed by atoms with Crippen molar-refractivity contribution in [3.8, 4) is 0 Å². The molecule has 0 saturated heterocycles. The number of hydrogen-bond acceptors (Lipinski definition) is 11. The number of aromatic amines is 3. The molecule has 0 radical (unpaired) electrons. The maximum atomic E-state index is 10.6. The van der Waals surface area contributed by atoms with Gasteiger partial charge in [0.15, 0.2) is 0 Å². The van der Waals surface area contributed by atoms with E-state index >= 15 is 0 Å². The summed E-state index contributed by atoms with van der Waals surface area (Å²) in [6.07, 6.45) is 8.61. The largest absolute Gasteiger partial charge is 0.481 e. The van der Waals surface area contributed by atoms with Crippen molar-refractivity contribution >= 4 is 40.7 Å². The van der Waals surface area contributed by atoms with Gasteiger partial charge in [-0.05, 0) is 18.1 Å². The molecule has 0 aliphatic rings. The fourth-order valence-corrected chi connectivity index (χ4v) is 3.47. The van der Waals surface area contributed by atoms with Crippen LogP contribution < -0.4 is 22.9 Å². The lowest BCUT2D eigenvalue weighted by atomic mass is 10.1. The number of nitrogens with zero attached hydrogens (tertiary/aromatic N) is 2. The zero-order chi connectivity index (χ0) is 35.5. The summed E-state index contributed by atoms with van der Waals surface area (Å²) in [4.78, 5) is 67.1. The Morgan fingerprint density at radius 3 is 1.49 bits per heavy atom. The van der Waals surface area contributed by atoms with E-state index in [1.165, 1.54) is 12.7 Å². The highest BCUT2D eigenvalue weighted by Crippen LogP contribution is 2.18. The normalized spacial score (nSPS) is 12.8. The van der Waals surface area contributed by atoms with Crippen LogP contribution in [0.15, 0.2) is 55.5 Å². The quantitative estimate of drug-likeness (QED) is 0.0826. The molecular weight excluding hydrogens is 622 g/mol. The fourth-order valence-electron chi connectivity index (χ4n) is 3.47. The lowest BCUT2D eigenvalue weighted by Gasteiger charge is -2.04. The standard InChI is InChI=1S/C11H12N2O2.2C6H9N3O2.C5H9NO4/c12-9(11(14)15)5-7-6-13-10-4-2-1-3-8(7)10;2*7-5(6(10)11)1-4-2-8-3-9-4;6-3(5(9)10)1-2-4(7)8/h1-4,6,9,13H,5,12H2,(H,14,15);2*2-3,5H,1,7H2,(H,8,9)(H,10,11);3H,1-2,6H2,(H,7,8)(H,9,10). The van der Waals surface area contributed by atoms with E-state index < -0.39 is 54.0 Å². The lowest BCUT2D eigenvalue weighted by molar-refractivity contribution is -0.141. The summed E-state index contributed by atoms with van der Waals surface area (Å²) >= 11 is 0. The van der Waals surface area contributed by atoms with Crippen LogP contribution in [0.25, 0.3) is 10.9 Å². The second kappa shape index (κ2) is 20.4. The number of rotatable bonds is 13. The van der Waals surface area contributed by atoms with E-state index in [0.717, 1.165) is 27.9 Å². The summed E-state index contributed by atoms with van der Waals surface area (Å²) in [5, 5.41) is 42.9. The Labute approximate surface area is 267 Å². The maximum absolute atomic E-state index is 10.6. The highest BCUT2D eigenvalue weighted by molar-refractivity contribution is 5.84. The summed E-state index contributed by atoms with van der Waals surface area (Å²) < 4.78 is 0. The molecule has 0 saturated carbocycles. The number of carboxylic acids is 5. The highest BCUT2D eigenvalue weighted by atomic mass is 16.4. The third-order valence-electron chi connectivity index (χ3n) is 6.04. The molecule has 0 aliphatic carbocycles. The Morgan fingerprint density at radius 2 is 1.09 bits per heavy atom. The molecular formula is C28H39N9O10. The first-order chi connectivity index (χ1) is 22.1. The Bertz CT molecular complexity index is 1490. The minimum Gasteiger partial charge on any atom is -0.481 e. The molecule has 3 aromatic heterocycles. The number of H-pyrrole nitrogens is 3. The van der Waals surface area contributed by atoms with Crippen molar-refractivity contribution in [2.24, 2.45) is 22.9 Å². The Hall–Kier alpha value is -5.63.